The molecular weight excluding hydrogens is 376 g/mol. The molecule has 0 saturated heterocycles. The lowest BCUT2D eigenvalue weighted by Gasteiger charge is -2.17. The summed E-state index contributed by atoms with van der Waals surface area (Å²) in [6.45, 7) is 6.08. The second kappa shape index (κ2) is 8.41. The normalized spacial score (nSPS) is 12.0. The number of hydrogen-bond acceptors (Lipinski definition) is 4. The molecule has 0 bridgehead atoms. The molecule has 1 aromatic heterocycles. The third-order valence-electron chi connectivity index (χ3n) is 5.30. The molecule has 0 unspecified atom stereocenters. The van der Waals surface area contributed by atoms with Crippen LogP contribution in [0.3, 0.4) is 0 Å². The van der Waals surface area contributed by atoms with Gasteiger partial charge in [-0.25, -0.2) is 0 Å². The molecule has 1 atom stereocenters. The van der Waals surface area contributed by atoms with Crippen LogP contribution in [0.5, 0.6) is 5.75 Å². The van der Waals surface area contributed by atoms with Crippen molar-refractivity contribution in [3.05, 3.63) is 94.9 Å². The van der Waals surface area contributed by atoms with E-state index in [1.54, 1.807) is 12.1 Å². The van der Waals surface area contributed by atoms with E-state index in [2.05, 4.69) is 34.7 Å². The lowest BCUT2D eigenvalue weighted by Crippen LogP contribution is -2.26. The number of aromatic nitrogens is 1. The average Bonchev–Trinajstić information content (AvgIpc) is 3.09. The highest BCUT2D eigenvalue weighted by molar-refractivity contribution is 5.95. The second-order valence-electron chi connectivity index (χ2n) is 7.38. The number of hydrogen-bond donors (Lipinski definition) is 1. The van der Waals surface area contributed by atoms with Crippen LogP contribution >= 0.6 is 0 Å². The van der Waals surface area contributed by atoms with Crippen LogP contribution < -0.4 is 10.1 Å². The first-order valence-corrected chi connectivity index (χ1v) is 9.96. The Balaban J connectivity index is 1.47. The van der Waals surface area contributed by atoms with Crippen molar-refractivity contribution in [2.45, 2.75) is 33.4 Å². The largest absolute Gasteiger partial charge is 0.489 e. The summed E-state index contributed by atoms with van der Waals surface area (Å²) in [6, 6.07) is 21.4. The summed E-state index contributed by atoms with van der Waals surface area (Å²) in [7, 11) is 0. The summed E-state index contributed by atoms with van der Waals surface area (Å²) >= 11 is 0. The highest BCUT2D eigenvalue weighted by Gasteiger charge is 2.15. The number of carbonyl (C=O) groups is 1. The first kappa shape index (κ1) is 19.7. The van der Waals surface area contributed by atoms with Crippen LogP contribution in [0.15, 0.2) is 71.3 Å². The van der Waals surface area contributed by atoms with Gasteiger partial charge >= 0.3 is 0 Å². The topological polar surface area (TPSA) is 64.4 Å². The van der Waals surface area contributed by atoms with Gasteiger partial charge in [0.05, 0.1) is 17.3 Å². The predicted molar refractivity (Wildman–Crippen MR) is 117 cm³/mol. The zero-order valence-corrected chi connectivity index (χ0v) is 17.3. The molecule has 1 amide bonds. The van der Waals surface area contributed by atoms with Gasteiger partial charge in [0.25, 0.3) is 5.91 Å². The Morgan fingerprint density at radius 1 is 1.07 bits per heavy atom. The van der Waals surface area contributed by atoms with Gasteiger partial charge in [-0.15, -0.1) is 0 Å². The third kappa shape index (κ3) is 4.06. The van der Waals surface area contributed by atoms with Crippen LogP contribution in [0.1, 0.15) is 45.9 Å². The molecule has 152 valence electrons. The molecule has 0 aliphatic rings. The number of rotatable bonds is 6. The standard InChI is InChI=1S/C25H24N2O3/c1-16(22-13-7-9-19-8-4-5-12-23(19)22)26-25(28)20-10-6-11-21(14-20)29-15-24-17(2)27-30-18(24)3/h4-14,16H,15H2,1-3H3,(H,26,28)/t16-/m0/s1. The summed E-state index contributed by atoms with van der Waals surface area (Å²) in [5, 5.41) is 9.34. The maximum Gasteiger partial charge on any atom is 0.251 e. The molecule has 0 radical (unpaired) electrons. The van der Waals surface area contributed by atoms with E-state index in [0.29, 0.717) is 17.9 Å². The van der Waals surface area contributed by atoms with Crippen LogP contribution in [0.4, 0.5) is 0 Å². The molecule has 0 aliphatic heterocycles. The Morgan fingerprint density at radius 2 is 1.83 bits per heavy atom. The average molecular weight is 400 g/mol. The molecule has 0 saturated carbocycles. The van der Waals surface area contributed by atoms with Gasteiger partial charge in [0.1, 0.15) is 18.1 Å². The quantitative estimate of drug-likeness (QED) is 0.463. The fourth-order valence-corrected chi connectivity index (χ4v) is 3.58. The minimum Gasteiger partial charge on any atom is -0.489 e. The first-order valence-electron chi connectivity index (χ1n) is 9.96. The van der Waals surface area contributed by atoms with Gasteiger partial charge in [0.15, 0.2) is 0 Å². The Bertz CT molecular complexity index is 1170. The van der Waals surface area contributed by atoms with E-state index >= 15 is 0 Å². The lowest BCUT2D eigenvalue weighted by atomic mass is 9.99. The number of amides is 1. The zero-order chi connectivity index (χ0) is 21.1. The molecule has 4 aromatic rings. The van der Waals surface area contributed by atoms with E-state index in [0.717, 1.165) is 33.4 Å². The van der Waals surface area contributed by atoms with Crippen molar-refractivity contribution in [2.75, 3.05) is 0 Å². The number of nitrogens with zero attached hydrogens (tertiary/aromatic N) is 1. The summed E-state index contributed by atoms with van der Waals surface area (Å²) < 4.78 is 11.0. The maximum atomic E-state index is 12.9. The highest BCUT2D eigenvalue weighted by Crippen LogP contribution is 2.25. The van der Waals surface area contributed by atoms with Gasteiger partial charge in [0.2, 0.25) is 0 Å². The molecule has 0 aliphatic carbocycles. The summed E-state index contributed by atoms with van der Waals surface area (Å²) in [5.41, 5.74) is 3.38. The van der Waals surface area contributed by atoms with Crippen LogP contribution in [0.2, 0.25) is 0 Å². The van der Waals surface area contributed by atoms with Crippen LogP contribution in [0, 0.1) is 13.8 Å². The molecule has 1 heterocycles. The number of benzene rings is 3. The van der Waals surface area contributed by atoms with E-state index in [1.165, 1.54) is 0 Å². The first-order chi connectivity index (χ1) is 14.5. The Kier molecular flexibility index (Phi) is 5.53. The Labute approximate surface area is 175 Å². The number of fused-ring (bicyclic) bond motifs is 1. The van der Waals surface area contributed by atoms with Gasteiger partial charge in [-0.3, -0.25) is 4.79 Å². The number of nitrogens with one attached hydrogen (secondary N) is 1. The summed E-state index contributed by atoms with van der Waals surface area (Å²) in [6.07, 6.45) is 0. The molecule has 4 rings (SSSR count). The number of carbonyl (C=O) groups excluding carboxylic acids is 1. The molecule has 0 spiro atoms. The smallest absolute Gasteiger partial charge is 0.251 e. The second-order valence-corrected chi connectivity index (χ2v) is 7.38. The zero-order valence-electron chi connectivity index (χ0n) is 17.3. The van der Waals surface area contributed by atoms with Crippen LogP contribution in [-0.2, 0) is 6.61 Å². The number of aryl methyl sites for hydroxylation is 2. The van der Waals surface area contributed by atoms with Crippen LogP contribution in [-0.4, -0.2) is 11.1 Å². The van der Waals surface area contributed by atoms with Crippen molar-refractivity contribution in [3.8, 4) is 5.75 Å². The van der Waals surface area contributed by atoms with Crippen molar-refractivity contribution in [3.63, 3.8) is 0 Å². The molecular formula is C25H24N2O3. The fraction of sp³-hybridized carbons (Fsp3) is 0.200. The van der Waals surface area contributed by atoms with Crippen molar-refractivity contribution < 1.29 is 14.1 Å². The molecule has 30 heavy (non-hydrogen) atoms. The Hall–Kier alpha value is -3.60. The summed E-state index contributed by atoms with van der Waals surface area (Å²) in [4.78, 5) is 12.9. The number of ether oxygens (including phenoxy) is 1. The molecule has 1 N–H and O–H groups in total. The monoisotopic (exact) mass is 400 g/mol. The fourth-order valence-electron chi connectivity index (χ4n) is 3.58. The highest BCUT2D eigenvalue weighted by atomic mass is 16.5. The van der Waals surface area contributed by atoms with Crippen LogP contribution in [0.25, 0.3) is 10.8 Å². The van der Waals surface area contributed by atoms with E-state index in [-0.39, 0.29) is 11.9 Å². The van der Waals surface area contributed by atoms with E-state index in [1.807, 2.05) is 51.1 Å². The minimum absolute atomic E-state index is 0.129. The SMILES string of the molecule is Cc1noc(C)c1COc1cccc(C(=O)N[C@@H](C)c2cccc3ccccc23)c1. The van der Waals surface area contributed by atoms with E-state index in [4.69, 9.17) is 9.26 Å². The maximum absolute atomic E-state index is 12.9. The van der Waals surface area contributed by atoms with Crippen molar-refractivity contribution in [2.24, 2.45) is 0 Å². The van der Waals surface area contributed by atoms with E-state index in [9.17, 15) is 4.79 Å². The third-order valence-corrected chi connectivity index (χ3v) is 5.30. The molecule has 0 fully saturated rings. The van der Waals surface area contributed by atoms with Gasteiger partial charge in [0, 0.05) is 5.56 Å². The van der Waals surface area contributed by atoms with Gasteiger partial charge in [-0.1, -0.05) is 53.7 Å². The predicted octanol–water partition coefficient (Wildman–Crippen LogP) is 5.51. The van der Waals surface area contributed by atoms with Gasteiger partial charge < -0.3 is 14.6 Å². The van der Waals surface area contributed by atoms with Crippen molar-refractivity contribution >= 4 is 16.7 Å². The van der Waals surface area contributed by atoms with Crippen molar-refractivity contribution in [1.29, 1.82) is 0 Å². The minimum atomic E-state index is -0.141. The Morgan fingerprint density at radius 3 is 2.63 bits per heavy atom. The lowest BCUT2D eigenvalue weighted by molar-refractivity contribution is 0.0939. The molecule has 5 nitrogen and oxygen atoms in total. The van der Waals surface area contributed by atoms with Gasteiger partial charge in [-0.05, 0) is 55.3 Å². The molecule has 3 aromatic carbocycles. The molecule has 5 heteroatoms. The van der Waals surface area contributed by atoms with E-state index < -0.39 is 0 Å². The summed E-state index contributed by atoms with van der Waals surface area (Å²) in [5.74, 6) is 1.23. The van der Waals surface area contributed by atoms with Crippen molar-refractivity contribution in [1.82, 2.24) is 10.5 Å². The van der Waals surface area contributed by atoms with Gasteiger partial charge in [-0.2, -0.15) is 0 Å².